The zero-order valence-corrected chi connectivity index (χ0v) is 14.4. The van der Waals surface area contributed by atoms with E-state index in [1.54, 1.807) is 4.90 Å². The van der Waals surface area contributed by atoms with Crippen LogP contribution in [0.25, 0.3) is 0 Å². The van der Waals surface area contributed by atoms with E-state index in [1.807, 2.05) is 26.8 Å². The summed E-state index contributed by atoms with van der Waals surface area (Å²) in [6, 6.07) is 3.30. The van der Waals surface area contributed by atoms with Gasteiger partial charge < -0.3 is 14.4 Å². The van der Waals surface area contributed by atoms with E-state index in [0.717, 1.165) is 18.4 Å². The summed E-state index contributed by atoms with van der Waals surface area (Å²) < 4.78 is 25.3. The summed E-state index contributed by atoms with van der Waals surface area (Å²) in [5.41, 5.74) is 0.925. The van der Waals surface area contributed by atoms with Crippen LogP contribution in [0.2, 0.25) is 0 Å². The number of benzene rings is 1. The van der Waals surface area contributed by atoms with Crippen molar-refractivity contribution < 1.29 is 18.7 Å². The van der Waals surface area contributed by atoms with Crippen molar-refractivity contribution in [2.45, 2.75) is 59.1 Å². The summed E-state index contributed by atoms with van der Waals surface area (Å²) in [6.07, 6.45) is 2.20. The van der Waals surface area contributed by atoms with Gasteiger partial charge in [0.2, 0.25) is 0 Å². The number of hydrogen-bond acceptors (Lipinski definition) is 3. The van der Waals surface area contributed by atoms with Crippen LogP contribution in [0.4, 0.5) is 9.18 Å². The quantitative estimate of drug-likeness (QED) is 0.776. The molecule has 23 heavy (non-hydrogen) atoms. The van der Waals surface area contributed by atoms with Crippen LogP contribution >= 0.6 is 0 Å². The van der Waals surface area contributed by atoms with Crippen LogP contribution in [0.1, 0.15) is 51.7 Å². The SMILES string of the molecule is CCCCOc1cc(F)c2c(c1)CCN(C(=O)OC(C)(C)C)C2. The van der Waals surface area contributed by atoms with E-state index < -0.39 is 11.7 Å². The highest BCUT2D eigenvalue weighted by Gasteiger charge is 2.27. The van der Waals surface area contributed by atoms with Crippen molar-refractivity contribution in [1.29, 1.82) is 0 Å². The molecule has 1 aliphatic heterocycles. The number of rotatable bonds is 4. The molecule has 0 spiro atoms. The van der Waals surface area contributed by atoms with Gasteiger partial charge in [0.1, 0.15) is 17.2 Å². The molecule has 0 bridgehead atoms. The fraction of sp³-hybridized carbons (Fsp3) is 0.611. The molecule has 0 N–H and O–H groups in total. The lowest BCUT2D eigenvalue weighted by Crippen LogP contribution is -2.40. The minimum absolute atomic E-state index is 0.241. The van der Waals surface area contributed by atoms with Gasteiger partial charge in [0, 0.05) is 18.2 Å². The largest absolute Gasteiger partial charge is 0.493 e. The minimum atomic E-state index is -0.549. The highest BCUT2D eigenvalue weighted by Crippen LogP contribution is 2.28. The van der Waals surface area contributed by atoms with Gasteiger partial charge in [0.25, 0.3) is 0 Å². The molecule has 0 saturated carbocycles. The normalized spacial score (nSPS) is 14.4. The van der Waals surface area contributed by atoms with Gasteiger partial charge >= 0.3 is 6.09 Å². The molecule has 1 aromatic rings. The predicted octanol–water partition coefficient (Wildman–Crippen LogP) is 4.30. The first-order valence-corrected chi connectivity index (χ1v) is 8.22. The first-order valence-electron chi connectivity index (χ1n) is 8.22. The van der Waals surface area contributed by atoms with E-state index >= 15 is 0 Å². The fourth-order valence-corrected chi connectivity index (χ4v) is 2.49. The average molecular weight is 323 g/mol. The Labute approximate surface area is 137 Å². The van der Waals surface area contributed by atoms with E-state index in [9.17, 15) is 9.18 Å². The zero-order chi connectivity index (χ0) is 17.0. The summed E-state index contributed by atoms with van der Waals surface area (Å²) in [6.45, 7) is 8.92. The van der Waals surface area contributed by atoms with Crippen molar-refractivity contribution in [3.8, 4) is 5.75 Å². The van der Waals surface area contributed by atoms with Crippen LogP contribution in [-0.2, 0) is 17.7 Å². The maximum atomic E-state index is 14.4. The number of amides is 1. The third-order valence-electron chi connectivity index (χ3n) is 3.68. The molecule has 1 aromatic carbocycles. The second-order valence-corrected chi connectivity index (χ2v) is 6.90. The monoisotopic (exact) mass is 323 g/mol. The number of unbranched alkanes of at least 4 members (excludes halogenated alkanes) is 1. The molecule has 0 saturated heterocycles. The number of halogens is 1. The highest BCUT2D eigenvalue weighted by atomic mass is 19.1. The van der Waals surface area contributed by atoms with E-state index in [1.165, 1.54) is 6.07 Å². The first kappa shape index (κ1) is 17.6. The summed E-state index contributed by atoms with van der Waals surface area (Å²) in [5.74, 6) is 0.252. The van der Waals surface area contributed by atoms with Gasteiger partial charge in [-0.05, 0) is 45.2 Å². The van der Waals surface area contributed by atoms with Crippen molar-refractivity contribution in [2.24, 2.45) is 0 Å². The summed E-state index contributed by atoms with van der Waals surface area (Å²) in [5, 5.41) is 0. The van der Waals surface area contributed by atoms with Gasteiger partial charge in [-0.1, -0.05) is 13.3 Å². The van der Waals surface area contributed by atoms with E-state index in [2.05, 4.69) is 6.92 Å². The molecule has 128 valence electrons. The zero-order valence-electron chi connectivity index (χ0n) is 14.4. The Hall–Kier alpha value is -1.78. The number of fused-ring (bicyclic) bond motifs is 1. The van der Waals surface area contributed by atoms with Crippen LogP contribution < -0.4 is 4.74 Å². The maximum absolute atomic E-state index is 14.4. The van der Waals surface area contributed by atoms with Crippen molar-refractivity contribution in [1.82, 2.24) is 4.90 Å². The van der Waals surface area contributed by atoms with Crippen molar-refractivity contribution in [2.75, 3.05) is 13.2 Å². The first-order chi connectivity index (χ1) is 10.8. The lowest BCUT2D eigenvalue weighted by molar-refractivity contribution is 0.0222. The third-order valence-corrected chi connectivity index (χ3v) is 3.68. The highest BCUT2D eigenvalue weighted by molar-refractivity contribution is 5.68. The van der Waals surface area contributed by atoms with Gasteiger partial charge in [-0.2, -0.15) is 0 Å². The van der Waals surface area contributed by atoms with Gasteiger partial charge in [0.15, 0.2) is 0 Å². The summed E-state index contributed by atoms with van der Waals surface area (Å²) in [4.78, 5) is 13.7. The number of carbonyl (C=O) groups is 1. The second kappa shape index (κ2) is 7.20. The molecule has 5 heteroatoms. The standard InChI is InChI=1S/C18H26FNO3/c1-5-6-9-22-14-10-13-7-8-20(12-15(13)16(19)11-14)17(21)23-18(2,3)4/h10-11H,5-9,12H2,1-4H3. The second-order valence-electron chi connectivity index (χ2n) is 6.90. The van der Waals surface area contributed by atoms with Crippen LogP contribution in [-0.4, -0.2) is 29.7 Å². The Morgan fingerprint density at radius 2 is 2.09 bits per heavy atom. The molecule has 0 unspecified atom stereocenters. The van der Waals surface area contributed by atoms with Gasteiger partial charge in [-0.3, -0.25) is 0 Å². The summed E-state index contributed by atoms with van der Waals surface area (Å²) >= 11 is 0. The van der Waals surface area contributed by atoms with Crippen molar-refractivity contribution in [3.05, 3.63) is 29.1 Å². The molecule has 0 aliphatic carbocycles. The lowest BCUT2D eigenvalue weighted by Gasteiger charge is -2.31. The van der Waals surface area contributed by atoms with Crippen LogP contribution in [0.5, 0.6) is 5.75 Å². The number of ether oxygens (including phenoxy) is 2. The molecular formula is C18H26FNO3. The average Bonchev–Trinajstić information content (AvgIpc) is 2.45. The Morgan fingerprint density at radius 1 is 1.35 bits per heavy atom. The maximum Gasteiger partial charge on any atom is 0.410 e. The molecule has 0 radical (unpaired) electrons. The number of carbonyl (C=O) groups excluding carboxylic acids is 1. The van der Waals surface area contributed by atoms with Crippen molar-refractivity contribution >= 4 is 6.09 Å². The van der Waals surface area contributed by atoms with Crippen LogP contribution in [0.15, 0.2) is 12.1 Å². The van der Waals surface area contributed by atoms with Crippen molar-refractivity contribution in [3.63, 3.8) is 0 Å². The molecule has 0 atom stereocenters. The molecule has 0 fully saturated rings. The van der Waals surface area contributed by atoms with Gasteiger partial charge in [-0.15, -0.1) is 0 Å². The Balaban J connectivity index is 2.08. The Bertz CT molecular complexity index is 566. The molecule has 2 rings (SSSR count). The topological polar surface area (TPSA) is 38.8 Å². The van der Waals surface area contributed by atoms with E-state index in [0.29, 0.717) is 30.9 Å². The summed E-state index contributed by atoms with van der Waals surface area (Å²) in [7, 11) is 0. The fourth-order valence-electron chi connectivity index (χ4n) is 2.49. The smallest absolute Gasteiger partial charge is 0.410 e. The predicted molar refractivity (Wildman–Crippen MR) is 87.2 cm³/mol. The van der Waals surface area contributed by atoms with Gasteiger partial charge in [-0.25, -0.2) is 9.18 Å². The molecular weight excluding hydrogens is 297 g/mol. The van der Waals surface area contributed by atoms with Crippen LogP contribution in [0.3, 0.4) is 0 Å². The third kappa shape index (κ3) is 4.85. The molecule has 1 heterocycles. The van der Waals surface area contributed by atoms with E-state index in [-0.39, 0.29) is 12.4 Å². The number of nitrogens with zero attached hydrogens (tertiary/aromatic N) is 1. The molecule has 0 aromatic heterocycles. The van der Waals surface area contributed by atoms with Gasteiger partial charge in [0.05, 0.1) is 13.2 Å². The Morgan fingerprint density at radius 3 is 2.74 bits per heavy atom. The van der Waals surface area contributed by atoms with E-state index in [4.69, 9.17) is 9.47 Å². The van der Waals surface area contributed by atoms with Crippen LogP contribution in [0, 0.1) is 5.82 Å². The molecule has 1 amide bonds. The molecule has 1 aliphatic rings. The Kier molecular flexibility index (Phi) is 5.50. The minimum Gasteiger partial charge on any atom is -0.493 e. The molecule has 4 nitrogen and oxygen atoms in total. The number of hydrogen-bond donors (Lipinski definition) is 0. The lowest BCUT2D eigenvalue weighted by atomic mass is 9.99.